The molecule has 3 rings (SSSR count). The molecule has 0 N–H and O–H groups in total. The first kappa shape index (κ1) is 15.8. The highest BCUT2D eigenvalue weighted by molar-refractivity contribution is 5.86. The topological polar surface area (TPSA) is 53.5 Å². The summed E-state index contributed by atoms with van der Waals surface area (Å²) in [5.41, 5.74) is -0.605. The van der Waals surface area contributed by atoms with Crippen LogP contribution in [0.2, 0.25) is 0 Å². The van der Waals surface area contributed by atoms with Crippen molar-refractivity contribution in [2.45, 2.75) is 25.2 Å². The van der Waals surface area contributed by atoms with Gasteiger partial charge in [0.1, 0.15) is 0 Å². The summed E-state index contributed by atoms with van der Waals surface area (Å²) in [5.74, 6) is -3.74. The largest absolute Gasteiger partial charge is 0.345 e. The first-order chi connectivity index (χ1) is 10.8. The van der Waals surface area contributed by atoms with Gasteiger partial charge in [-0.2, -0.15) is 0 Å². The lowest BCUT2D eigenvalue weighted by atomic mass is 9.77. The van der Waals surface area contributed by atoms with Gasteiger partial charge in [0.25, 0.3) is 5.92 Å². The Hall–Kier alpha value is -2.05. The SMILES string of the molecule is CN1CC[C@@]2(CN(C(=O)Cc3ccccn3)CC(F)(F)C2)C1=O. The number of nitrogens with zero attached hydrogens (tertiary/aromatic N) is 3. The van der Waals surface area contributed by atoms with Crippen LogP contribution in [-0.4, -0.2) is 59.2 Å². The van der Waals surface area contributed by atoms with E-state index in [1.807, 2.05) is 0 Å². The van der Waals surface area contributed by atoms with Crippen LogP contribution in [0.3, 0.4) is 0 Å². The molecule has 0 bridgehead atoms. The monoisotopic (exact) mass is 323 g/mol. The van der Waals surface area contributed by atoms with E-state index >= 15 is 0 Å². The number of alkyl halides is 2. The fraction of sp³-hybridized carbons (Fsp3) is 0.562. The highest BCUT2D eigenvalue weighted by Gasteiger charge is 2.56. The molecule has 2 fully saturated rings. The molecule has 2 aliphatic rings. The van der Waals surface area contributed by atoms with Crippen LogP contribution in [0, 0.1) is 5.41 Å². The van der Waals surface area contributed by atoms with Crippen LogP contribution in [-0.2, 0) is 16.0 Å². The number of carbonyl (C=O) groups is 2. The number of amides is 2. The molecule has 0 saturated carbocycles. The average Bonchev–Trinajstić information content (AvgIpc) is 2.75. The zero-order valence-electron chi connectivity index (χ0n) is 13.0. The van der Waals surface area contributed by atoms with Crippen molar-refractivity contribution >= 4 is 11.8 Å². The van der Waals surface area contributed by atoms with Crippen LogP contribution in [0.25, 0.3) is 0 Å². The number of carbonyl (C=O) groups excluding carboxylic acids is 2. The molecule has 3 heterocycles. The average molecular weight is 323 g/mol. The van der Waals surface area contributed by atoms with Gasteiger partial charge in [0, 0.05) is 38.4 Å². The summed E-state index contributed by atoms with van der Waals surface area (Å²) in [4.78, 5) is 31.4. The third kappa shape index (κ3) is 3.04. The quantitative estimate of drug-likeness (QED) is 0.825. The van der Waals surface area contributed by atoms with Crippen LogP contribution in [0.4, 0.5) is 8.78 Å². The van der Waals surface area contributed by atoms with E-state index in [9.17, 15) is 18.4 Å². The fourth-order valence-corrected chi connectivity index (χ4v) is 3.56. The number of aromatic nitrogens is 1. The molecule has 2 aliphatic heterocycles. The Balaban J connectivity index is 1.79. The minimum absolute atomic E-state index is 0.0307. The van der Waals surface area contributed by atoms with Gasteiger partial charge >= 0.3 is 0 Å². The normalized spacial score (nSPS) is 26.8. The Labute approximate surface area is 133 Å². The lowest BCUT2D eigenvalue weighted by molar-refractivity contribution is -0.162. The predicted octanol–water partition coefficient (Wildman–Crippen LogP) is 1.34. The van der Waals surface area contributed by atoms with Gasteiger partial charge < -0.3 is 9.80 Å². The molecule has 1 atom stereocenters. The Bertz CT molecular complexity index is 623. The van der Waals surface area contributed by atoms with Gasteiger partial charge in [0.2, 0.25) is 11.8 Å². The molecule has 0 aromatic carbocycles. The van der Waals surface area contributed by atoms with Crippen molar-refractivity contribution in [3.8, 4) is 0 Å². The van der Waals surface area contributed by atoms with E-state index in [1.165, 1.54) is 4.90 Å². The molecule has 1 aromatic heterocycles. The zero-order valence-corrected chi connectivity index (χ0v) is 13.0. The van der Waals surface area contributed by atoms with Crippen molar-refractivity contribution < 1.29 is 18.4 Å². The van der Waals surface area contributed by atoms with Crippen LogP contribution in [0.5, 0.6) is 0 Å². The minimum Gasteiger partial charge on any atom is -0.345 e. The Morgan fingerprint density at radius 2 is 2.13 bits per heavy atom. The standard InChI is InChI=1S/C16H19F2N3O2/c1-20-7-5-15(14(20)23)9-16(17,18)11-21(10-15)13(22)8-12-4-2-3-6-19-12/h2-4,6H,5,7-11H2,1H3/t15-/m1/s1. The molecule has 7 heteroatoms. The van der Waals surface area contributed by atoms with E-state index < -0.39 is 30.2 Å². The van der Waals surface area contributed by atoms with Crippen molar-refractivity contribution in [1.82, 2.24) is 14.8 Å². The Morgan fingerprint density at radius 3 is 2.74 bits per heavy atom. The van der Waals surface area contributed by atoms with E-state index in [1.54, 1.807) is 31.4 Å². The molecule has 0 aliphatic carbocycles. The van der Waals surface area contributed by atoms with Gasteiger partial charge in [0.15, 0.2) is 0 Å². The van der Waals surface area contributed by atoms with Crippen LogP contribution in [0.15, 0.2) is 24.4 Å². The molecular formula is C16H19F2N3O2. The van der Waals surface area contributed by atoms with Crippen molar-refractivity contribution in [3.63, 3.8) is 0 Å². The summed E-state index contributed by atoms with van der Waals surface area (Å²) >= 11 is 0. The summed E-state index contributed by atoms with van der Waals surface area (Å²) in [5, 5.41) is 0. The molecule has 0 unspecified atom stereocenters. The van der Waals surface area contributed by atoms with Crippen molar-refractivity contribution in [1.29, 1.82) is 0 Å². The van der Waals surface area contributed by atoms with E-state index in [0.29, 0.717) is 18.7 Å². The molecule has 1 aromatic rings. The van der Waals surface area contributed by atoms with E-state index in [-0.39, 0.29) is 18.9 Å². The van der Waals surface area contributed by atoms with Crippen LogP contribution < -0.4 is 0 Å². The molecule has 1 spiro atoms. The van der Waals surface area contributed by atoms with Gasteiger partial charge in [-0.3, -0.25) is 14.6 Å². The van der Waals surface area contributed by atoms with Crippen molar-refractivity contribution in [2.24, 2.45) is 5.41 Å². The Morgan fingerprint density at radius 1 is 1.35 bits per heavy atom. The second-order valence-electron chi connectivity index (χ2n) is 6.54. The minimum atomic E-state index is -3.04. The number of pyridine rings is 1. The first-order valence-electron chi connectivity index (χ1n) is 7.62. The third-order valence-corrected chi connectivity index (χ3v) is 4.65. The maximum Gasteiger partial charge on any atom is 0.266 e. The molecule has 2 saturated heterocycles. The molecular weight excluding hydrogens is 304 g/mol. The maximum absolute atomic E-state index is 14.2. The van der Waals surface area contributed by atoms with Gasteiger partial charge in [-0.25, -0.2) is 8.78 Å². The smallest absolute Gasteiger partial charge is 0.266 e. The van der Waals surface area contributed by atoms with E-state index in [4.69, 9.17) is 0 Å². The van der Waals surface area contributed by atoms with Crippen LogP contribution >= 0.6 is 0 Å². The van der Waals surface area contributed by atoms with Gasteiger partial charge in [-0.05, 0) is 18.6 Å². The zero-order chi connectivity index (χ0) is 16.7. The lowest BCUT2D eigenvalue weighted by Gasteiger charge is -2.42. The second-order valence-corrected chi connectivity index (χ2v) is 6.54. The Kier molecular flexibility index (Phi) is 3.82. The number of rotatable bonds is 2. The summed E-state index contributed by atoms with van der Waals surface area (Å²) in [6.07, 6.45) is 1.42. The number of likely N-dealkylation sites (tertiary alicyclic amines) is 2. The highest BCUT2D eigenvalue weighted by Crippen LogP contribution is 2.45. The lowest BCUT2D eigenvalue weighted by Crippen LogP contribution is -2.57. The summed E-state index contributed by atoms with van der Waals surface area (Å²) < 4.78 is 28.3. The number of hydrogen-bond acceptors (Lipinski definition) is 3. The number of piperidine rings is 1. The maximum atomic E-state index is 14.2. The molecule has 2 amide bonds. The van der Waals surface area contributed by atoms with Crippen molar-refractivity contribution in [2.75, 3.05) is 26.7 Å². The third-order valence-electron chi connectivity index (χ3n) is 4.65. The fourth-order valence-electron chi connectivity index (χ4n) is 3.56. The van der Waals surface area contributed by atoms with Gasteiger partial charge in [-0.1, -0.05) is 6.07 Å². The second kappa shape index (κ2) is 5.54. The summed E-state index contributed by atoms with van der Waals surface area (Å²) in [6, 6.07) is 5.16. The summed E-state index contributed by atoms with van der Waals surface area (Å²) in [6.45, 7) is -0.105. The predicted molar refractivity (Wildman–Crippen MR) is 78.8 cm³/mol. The number of halogens is 2. The van der Waals surface area contributed by atoms with E-state index in [0.717, 1.165) is 4.90 Å². The van der Waals surface area contributed by atoms with Crippen molar-refractivity contribution in [3.05, 3.63) is 30.1 Å². The van der Waals surface area contributed by atoms with Gasteiger partial charge in [0.05, 0.1) is 18.4 Å². The van der Waals surface area contributed by atoms with E-state index in [2.05, 4.69) is 4.98 Å². The van der Waals surface area contributed by atoms with Crippen LogP contribution in [0.1, 0.15) is 18.5 Å². The first-order valence-corrected chi connectivity index (χ1v) is 7.62. The molecule has 5 nitrogen and oxygen atoms in total. The summed E-state index contributed by atoms with van der Waals surface area (Å²) in [7, 11) is 1.61. The van der Waals surface area contributed by atoms with Gasteiger partial charge in [-0.15, -0.1) is 0 Å². The number of hydrogen-bond donors (Lipinski definition) is 0. The molecule has 23 heavy (non-hydrogen) atoms. The molecule has 0 radical (unpaired) electrons. The molecule has 124 valence electrons. The highest BCUT2D eigenvalue weighted by atomic mass is 19.3.